The molecular weight excluding hydrogens is 387 g/mol. The Balaban J connectivity index is 1.65. The fourth-order valence-corrected chi connectivity index (χ4v) is 3.88. The van der Waals surface area contributed by atoms with E-state index in [2.05, 4.69) is 20.8 Å². The number of anilines is 1. The lowest BCUT2D eigenvalue weighted by Gasteiger charge is -2.40. The molecule has 9 heteroatoms. The van der Waals surface area contributed by atoms with Gasteiger partial charge in [-0.15, -0.1) is 5.10 Å². The van der Waals surface area contributed by atoms with Crippen molar-refractivity contribution in [1.29, 1.82) is 0 Å². The van der Waals surface area contributed by atoms with Crippen LogP contribution >= 0.6 is 0 Å². The topological polar surface area (TPSA) is 93.0 Å². The molecule has 1 aliphatic heterocycles. The highest BCUT2D eigenvalue weighted by molar-refractivity contribution is 5.99. The average Bonchev–Trinajstić information content (AvgIpc) is 3.31. The molecule has 0 aliphatic carbocycles. The highest BCUT2D eigenvalue weighted by Gasteiger charge is 2.43. The van der Waals surface area contributed by atoms with Gasteiger partial charge in [0.1, 0.15) is 12.1 Å². The van der Waals surface area contributed by atoms with Crippen molar-refractivity contribution in [2.45, 2.75) is 25.2 Å². The molecule has 4 rings (SSSR count). The summed E-state index contributed by atoms with van der Waals surface area (Å²) in [6.07, 6.45) is 2.30. The summed E-state index contributed by atoms with van der Waals surface area (Å²) in [6.45, 7) is 2.45. The quantitative estimate of drug-likeness (QED) is 0.715. The van der Waals surface area contributed by atoms with Crippen LogP contribution in [0.15, 0.2) is 54.9 Å². The number of hydrogen-bond acceptors (Lipinski definition) is 5. The second-order valence-electron chi connectivity index (χ2n) is 7.33. The Morgan fingerprint density at radius 1 is 1.10 bits per heavy atom. The number of aromatic nitrogens is 4. The Kier molecular flexibility index (Phi) is 5.26. The molecule has 2 amide bonds. The van der Waals surface area contributed by atoms with Crippen LogP contribution in [-0.2, 0) is 15.0 Å². The highest BCUT2D eigenvalue weighted by atomic mass is 19.1. The number of rotatable bonds is 4. The van der Waals surface area contributed by atoms with Gasteiger partial charge in [0.15, 0.2) is 0 Å². The van der Waals surface area contributed by atoms with Gasteiger partial charge in [-0.05, 0) is 47.0 Å². The molecule has 0 saturated carbocycles. The molecule has 2 aromatic carbocycles. The Hall–Kier alpha value is -3.62. The molecule has 2 heterocycles. The third-order valence-corrected chi connectivity index (χ3v) is 5.64. The lowest BCUT2D eigenvalue weighted by Crippen LogP contribution is -2.50. The second kappa shape index (κ2) is 8.02. The maximum atomic E-state index is 14.5. The third kappa shape index (κ3) is 3.66. The Bertz CT molecular complexity index is 1050. The predicted octanol–water partition coefficient (Wildman–Crippen LogP) is 2.32. The smallest absolute Gasteiger partial charge is 0.235 e. The maximum absolute atomic E-state index is 14.5. The van der Waals surface area contributed by atoms with Gasteiger partial charge in [-0.1, -0.05) is 30.3 Å². The van der Waals surface area contributed by atoms with E-state index in [4.69, 9.17) is 0 Å². The molecular formula is C21H21FN6O2. The van der Waals surface area contributed by atoms with Gasteiger partial charge in [0.25, 0.3) is 0 Å². The van der Waals surface area contributed by atoms with Crippen LogP contribution < -0.4 is 5.32 Å². The van der Waals surface area contributed by atoms with E-state index < -0.39 is 11.2 Å². The van der Waals surface area contributed by atoms with Gasteiger partial charge >= 0.3 is 0 Å². The second-order valence-corrected chi connectivity index (χ2v) is 7.33. The standard InChI is InChI=1S/C21H21FN6O2/c1-15(29)27-11-9-21(10-12-27,16-5-3-2-4-6-16)20(30)24-19-13-17(7-8-18(19)22)28-14-23-25-26-28/h2-8,13-14H,9-12H2,1H3,(H,24,30). The van der Waals surface area contributed by atoms with E-state index in [0.717, 1.165) is 5.56 Å². The van der Waals surface area contributed by atoms with Crippen molar-refractivity contribution in [2.24, 2.45) is 0 Å². The minimum absolute atomic E-state index is 0.0164. The van der Waals surface area contributed by atoms with E-state index >= 15 is 0 Å². The van der Waals surface area contributed by atoms with Crippen LogP contribution in [0.3, 0.4) is 0 Å². The number of likely N-dealkylation sites (tertiary alicyclic amines) is 1. The molecule has 0 bridgehead atoms. The monoisotopic (exact) mass is 408 g/mol. The molecule has 1 fully saturated rings. The van der Waals surface area contributed by atoms with Gasteiger partial charge in [0, 0.05) is 20.0 Å². The molecule has 30 heavy (non-hydrogen) atoms. The molecule has 154 valence electrons. The Morgan fingerprint density at radius 3 is 2.47 bits per heavy atom. The number of amides is 2. The number of carbonyl (C=O) groups is 2. The molecule has 1 saturated heterocycles. The van der Waals surface area contributed by atoms with Crippen LogP contribution in [0.5, 0.6) is 0 Å². The zero-order chi connectivity index (χ0) is 21.1. The fraction of sp³-hybridized carbons (Fsp3) is 0.286. The summed E-state index contributed by atoms with van der Waals surface area (Å²) in [6, 6.07) is 13.7. The summed E-state index contributed by atoms with van der Waals surface area (Å²) >= 11 is 0. The molecule has 0 atom stereocenters. The van der Waals surface area contributed by atoms with Crippen molar-refractivity contribution in [2.75, 3.05) is 18.4 Å². The van der Waals surface area contributed by atoms with Crippen LogP contribution in [0.25, 0.3) is 5.69 Å². The number of nitrogens with one attached hydrogen (secondary N) is 1. The van der Waals surface area contributed by atoms with Crippen molar-refractivity contribution in [1.82, 2.24) is 25.1 Å². The van der Waals surface area contributed by atoms with E-state index in [1.54, 1.807) is 4.90 Å². The van der Waals surface area contributed by atoms with Gasteiger partial charge < -0.3 is 10.2 Å². The molecule has 8 nitrogen and oxygen atoms in total. The largest absolute Gasteiger partial charge is 0.343 e. The molecule has 1 aliphatic rings. The number of nitrogens with zero attached hydrogens (tertiary/aromatic N) is 5. The van der Waals surface area contributed by atoms with Gasteiger partial charge in [-0.2, -0.15) is 0 Å². The Labute approximate surface area is 172 Å². The van der Waals surface area contributed by atoms with Crippen molar-refractivity contribution < 1.29 is 14.0 Å². The molecule has 0 unspecified atom stereocenters. The fourth-order valence-electron chi connectivity index (χ4n) is 3.88. The minimum Gasteiger partial charge on any atom is -0.343 e. The van der Waals surface area contributed by atoms with Crippen LogP contribution in [0.2, 0.25) is 0 Å². The third-order valence-electron chi connectivity index (χ3n) is 5.64. The predicted molar refractivity (Wildman–Crippen MR) is 107 cm³/mol. The molecule has 0 radical (unpaired) electrons. The van der Waals surface area contributed by atoms with Crippen LogP contribution in [0.1, 0.15) is 25.3 Å². The minimum atomic E-state index is -0.857. The first-order chi connectivity index (χ1) is 14.5. The number of tetrazole rings is 1. The van der Waals surface area contributed by atoms with Crippen LogP contribution in [0.4, 0.5) is 10.1 Å². The lowest BCUT2D eigenvalue weighted by atomic mass is 9.72. The number of carbonyl (C=O) groups excluding carboxylic acids is 2. The average molecular weight is 408 g/mol. The number of hydrogen-bond donors (Lipinski definition) is 1. The van der Waals surface area contributed by atoms with Gasteiger partial charge in [0.2, 0.25) is 11.8 Å². The van der Waals surface area contributed by atoms with E-state index in [1.807, 2.05) is 30.3 Å². The summed E-state index contributed by atoms with van der Waals surface area (Å²) in [7, 11) is 0. The van der Waals surface area contributed by atoms with E-state index in [9.17, 15) is 14.0 Å². The molecule has 3 aromatic rings. The van der Waals surface area contributed by atoms with E-state index in [1.165, 1.54) is 36.1 Å². The van der Waals surface area contributed by atoms with Gasteiger partial charge in [0.05, 0.1) is 16.8 Å². The molecule has 0 spiro atoms. The number of benzene rings is 2. The maximum Gasteiger partial charge on any atom is 0.235 e. The van der Waals surface area contributed by atoms with Gasteiger partial charge in [-0.25, -0.2) is 9.07 Å². The zero-order valence-corrected chi connectivity index (χ0v) is 16.5. The summed E-state index contributed by atoms with van der Waals surface area (Å²) in [4.78, 5) is 27.0. The SMILES string of the molecule is CC(=O)N1CCC(C(=O)Nc2cc(-n3cnnn3)ccc2F)(c2ccccc2)CC1. The van der Waals surface area contributed by atoms with Crippen molar-refractivity contribution in [3.8, 4) is 5.69 Å². The zero-order valence-electron chi connectivity index (χ0n) is 16.5. The first-order valence-corrected chi connectivity index (χ1v) is 9.65. The lowest BCUT2D eigenvalue weighted by molar-refractivity contribution is -0.133. The van der Waals surface area contributed by atoms with E-state index in [-0.39, 0.29) is 17.5 Å². The van der Waals surface area contributed by atoms with Crippen molar-refractivity contribution in [3.05, 3.63) is 66.2 Å². The first-order valence-electron chi connectivity index (χ1n) is 9.65. The summed E-state index contributed by atoms with van der Waals surface area (Å²) in [5.74, 6) is -0.869. The number of piperidine rings is 1. The summed E-state index contributed by atoms with van der Waals surface area (Å²) < 4.78 is 15.9. The van der Waals surface area contributed by atoms with Crippen LogP contribution in [-0.4, -0.2) is 50.0 Å². The Morgan fingerprint density at radius 2 is 1.83 bits per heavy atom. The molecule has 1 aromatic heterocycles. The van der Waals surface area contributed by atoms with Crippen molar-refractivity contribution >= 4 is 17.5 Å². The van der Waals surface area contributed by atoms with Crippen LogP contribution in [0, 0.1) is 5.82 Å². The van der Waals surface area contributed by atoms with Crippen molar-refractivity contribution in [3.63, 3.8) is 0 Å². The number of halogens is 1. The highest BCUT2D eigenvalue weighted by Crippen LogP contribution is 2.37. The first kappa shape index (κ1) is 19.7. The van der Waals surface area contributed by atoms with E-state index in [0.29, 0.717) is 31.6 Å². The summed E-state index contributed by atoms with van der Waals surface area (Å²) in [5.41, 5.74) is 0.571. The normalized spacial score (nSPS) is 15.6. The van der Waals surface area contributed by atoms with Gasteiger partial charge in [-0.3, -0.25) is 9.59 Å². The summed E-state index contributed by atoms with van der Waals surface area (Å²) in [5, 5.41) is 13.7. The molecule has 1 N–H and O–H groups in total.